The Bertz CT molecular complexity index is 773. The molecule has 0 aliphatic carbocycles. The summed E-state index contributed by atoms with van der Waals surface area (Å²) in [5.41, 5.74) is 3.61. The quantitative estimate of drug-likeness (QED) is 0.752. The lowest BCUT2D eigenvalue weighted by Crippen LogP contribution is -2.42. The monoisotopic (exact) mass is 414 g/mol. The predicted octanol–water partition coefficient (Wildman–Crippen LogP) is 3.22. The highest BCUT2D eigenvalue weighted by atomic mass is 32.1. The number of hydrogen-bond acceptors (Lipinski definition) is 6. The summed E-state index contributed by atoms with van der Waals surface area (Å²) in [6.07, 6.45) is 3.37. The van der Waals surface area contributed by atoms with E-state index in [4.69, 9.17) is 4.74 Å². The Morgan fingerprint density at radius 1 is 1.10 bits per heavy atom. The first-order chi connectivity index (χ1) is 14.2. The van der Waals surface area contributed by atoms with Crippen molar-refractivity contribution in [2.75, 3.05) is 57.8 Å². The normalized spacial score (nSPS) is 19.2. The molecule has 29 heavy (non-hydrogen) atoms. The van der Waals surface area contributed by atoms with E-state index in [0.29, 0.717) is 11.6 Å². The Labute approximate surface area is 177 Å². The average Bonchev–Trinajstić information content (AvgIpc) is 3.21. The molecule has 7 heteroatoms. The number of aromatic nitrogens is 1. The number of thiazole rings is 1. The van der Waals surface area contributed by atoms with Crippen LogP contribution in [0.2, 0.25) is 0 Å². The van der Waals surface area contributed by atoms with Crippen LogP contribution in [0.5, 0.6) is 5.75 Å². The molecule has 0 unspecified atom stereocenters. The molecule has 0 radical (unpaired) electrons. The van der Waals surface area contributed by atoms with E-state index in [1.165, 1.54) is 23.4 Å². The summed E-state index contributed by atoms with van der Waals surface area (Å²) in [5, 5.41) is 1.85. The van der Waals surface area contributed by atoms with Gasteiger partial charge in [-0.2, -0.15) is 0 Å². The molecule has 0 bridgehead atoms. The zero-order chi connectivity index (χ0) is 20.1. The first-order valence-electron chi connectivity index (χ1n) is 10.5. The van der Waals surface area contributed by atoms with E-state index in [1.54, 1.807) is 12.6 Å². The highest BCUT2D eigenvalue weighted by molar-refractivity contribution is 7.07. The van der Waals surface area contributed by atoms with Crippen molar-refractivity contribution in [1.29, 1.82) is 0 Å². The zero-order valence-corrected chi connectivity index (χ0v) is 17.9. The first-order valence-corrected chi connectivity index (χ1v) is 11.5. The minimum Gasteiger partial charge on any atom is -0.497 e. The van der Waals surface area contributed by atoms with Crippen LogP contribution >= 0.6 is 11.3 Å². The second-order valence-electron chi connectivity index (χ2n) is 7.95. The number of piperidine rings is 1. The molecular weight excluding hydrogens is 384 g/mol. The lowest BCUT2D eigenvalue weighted by molar-refractivity contribution is 0.0664. The van der Waals surface area contributed by atoms with Gasteiger partial charge >= 0.3 is 0 Å². The smallest absolute Gasteiger partial charge is 0.273 e. The Morgan fingerprint density at radius 2 is 1.90 bits per heavy atom. The largest absolute Gasteiger partial charge is 0.497 e. The highest BCUT2D eigenvalue weighted by Gasteiger charge is 2.26. The molecule has 0 spiro atoms. The van der Waals surface area contributed by atoms with Gasteiger partial charge in [0.1, 0.15) is 11.4 Å². The second-order valence-corrected chi connectivity index (χ2v) is 8.67. The Morgan fingerprint density at radius 3 is 2.59 bits per heavy atom. The summed E-state index contributed by atoms with van der Waals surface area (Å²) in [6, 6.07) is 8.39. The number of methoxy groups -OCH3 is 1. The summed E-state index contributed by atoms with van der Waals surface area (Å²) >= 11 is 1.48. The molecule has 2 saturated heterocycles. The van der Waals surface area contributed by atoms with Crippen LogP contribution in [-0.2, 0) is 0 Å². The number of nitrogens with zero attached hydrogens (tertiary/aromatic N) is 4. The van der Waals surface area contributed by atoms with E-state index in [1.807, 2.05) is 22.4 Å². The van der Waals surface area contributed by atoms with E-state index in [9.17, 15) is 4.79 Å². The molecular formula is C22H30N4O2S. The van der Waals surface area contributed by atoms with Gasteiger partial charge in [0.25, 0.3) is 5.91 Å². The van der Waals surface area contributed by atoms with Crippen LogP contribution in [0.25, 0.3) is 0 Å². The molecule has 0 atom stereocenters. The van der Waals surface area contributed by atoms with Crippen LogP contribution in [0.15, 0.2) is 35.2 Å². The van der Waals surface area contributed by atoms with Gasteiger partial charge in [-0.15, -0.1) is 11.3 Å². The van der Waals surface area contributed by atoms with Gasteiger partial charge in [0, 0.05) is 50.3 Å². The van der Waals surface area contributed by atoms with Crippen molar-refractivity contribution >= 4 is 22.9 Å². The number of hydrogen-bond donors (Lipinski definition) is 0. The Kier molecular flexibility index (Phi) is 6.67. The maximum absolute atomic E-state index is 12.5. The molecule has 156 valence electrons. The molecule has 1 aromatic heterocycles. The molecule has 2 fully saturated rings. The van der Waals surface area contributed by atoms with Crippen LogP contribution in [0.1, 0.15) is 29.8 Å². The summed E-state index contributed by atoms with van der Waals surface area (Å²) < 4.78 is 5.27. The fourth-order valence-electron chi connectivity index (χ4n) is 4.37. The number of benzene rings is 1. The van der Waals surface area contributed by atoms with Crippen LogP contribution in [0.4, 0.5) is 5.69 Å². The first kappa shape index (κ1) is 20.2. The third-order valence-electron chi connectivity index (χ3n) is 6.10. The third kappa shape index (κ3) is 5.08. The van der Waals surface area contributed by atoms with Crippen molar-refractivity contribution in [3.05, 3.63) is 40.8 Å². The molecule has 1 amide bonds. The third-order valence-corrected chi connectivity index (χ3v) is 6.68. The molecule has 2 aliphatic rings. The van der Waals surface area contributed by atoms with Gasteiger partial charge < -0.3 is 19.4 Å². The fraction of sp³-hybridized carbons (Fsp3) is 0.545. The van der Waals surface area contributed by atoms with Crippen LogP contribution in [0.3, 0.4) is 0 Å². The van der Waals surface area contributed by atoms with Gasteiger partial charge in [-0.3, -0.25) is 4.79 Å². The number of ether oxygens (including phenoxy) is 1. The van der Waals surface area contributed by atoms with Crippen LogP contribution < -0.4 is 9.64 Å². The van der Waals surface area contributed by atoms with Crippen molar-refractivity contribution in [2.24, 2.45) is 5.92 Å². The van der Waals surface area contributed by atoms with E-state index >= 15 is 0 Å². The standard InChI is InChI=1S/C22H30N4O2S/c1-28-20-5-3-19(4-6-20)25-10-2-9-24(13-14-25)15-18-7-11-26(12-8-18)22(27)21-16-29-17-23-21/h3-6,16-18H,2,7-15H2,1H3. The number of likely N-dealkylation sites (tertiary alicyclic amines) is 1. The molecule has 2 aliphatic heterocycles. The molecule has 2 aromatic rings. The van der Waals surface area contributed by atoms with Crippen molar-refractivity contribution in [2.45, 2.75) is 19.3 Å². The molecule has 1 aromatic carbocycles. The molecule has 4 rings (SSSR count). The lowest BCUT2D eigenvalue weighted by atomic mass is 9.96. The topological polar surface area (TPSA) is 48.9 Å². The number of amides is 1. The summed E-state index contributed by atoms with van der Waals surface area (Å²) in [5.74, 6) is 1.68. The summed E-state index contributed by atoms with van der Waals surface area (Å²) in [6.45, 7) is 7.28. The van der Waals surface area contributed by atoms with Gasteiger partial charge in [-0.25, -0.2) is 4.98 Å². The Balaban J connectivity index is 1.24. The minimum absolute atomic E-state index is 0.0922. The van der Waals surface area contributed by atoms with Gasteiger partial charge in [-0.1, -0.05) is 0 Å². The minimum atomic E-state index is 0.0922. The molecule has 6 nitrogen and oxygen atoms in total. The van der Waals surface area contributed by atoms with E-state index in [-0.39, 0.29) is 5.91 Å². The number of carbonyl (C=O) groups excluding carboxylic acids is 1. The van der Waals surface area contributed by atoms with Gasteiger partial charge in [0.15, 0.2) is 0 Å². The van der Waals surface area contributed by atoms with E-state index in [2.05, 4.69) is 26.9 Å². The van der Waals surface area contributed by atoms with Crippen molar-refractivity contribution < 1.29 is 9.53 Å². The van der Waals surface area contributed by atoms with E-state index < -0.39 is 0 Å². The number of rotatable bonds is 5. The van der Waals surface area contributed by atoms with E-state index in [0.717, 1.165) is 64.4 Å². The fourth-order valence-corrected chi connectivity index (χ4v) is 4.89. The lowest BCUT2D eigenvalue weighted by Gasteiger charge is -2.34. The number of anilines is 1. The van der Waals surface area contributed by atoms with Gasteiger partial charge in [-0.05, 0) is 56.0 Å². The van der Waals surface area contributed by atoms with Crippen molar-refractivity contribution in [3.8, 4) is 5.75 Å². The molecule has 0 N–H and O–H groups in total. The van der Waals surface area contributed by atoms with Gasteiger partial charge in [0.2, 0.25) is 0 Å². The van der Waals surface area contributed by atoms with Crippen molar-refractivity contribution in [1.82, 2.24) is 14.8 Å². The molecule has 3 heterocycles. The summed E-state index contributed by atoms with van der Waals surface area (Å²) in [4.78, 5) is 23.7. The van der Waals surface area contributed by atoms with Crippen molar-refractivity contribution in [3.63, 3.8) is 0 Å². The number of carbonyl (C=O) groups is 1. The predicted molar refractivity (Wildman–Crippen MR) is 117 cm³/mol. The second kappa shape index (κ2) is 9.59. The highest BCUT2D eigenvalue weighted by Crippen LogP contribution is 2.23. The average molecular weight is 415 g/mol. The SMILES string of the molecule is COc1ccc(N2CCCN(CC3CCN(C(=O)c4cscn4)CC3)CC2)cc1. The maximum atomic E-state index is 12.5. The zero-order valence-electron chi connectivity index (χ0n) is 17.1. The summed E-state index contributed by atoms with van der Waals surface area (Å²) in [7, 11) is 1.71. The van der Waals surface area contributed by atoms with Crippen LogP contribution in [-0.4, -0.2) is 73.6 Å². The maximum Gasteiger partial charge on any atom is 0.273 e. The molecule has 0 saturated carbocycles. The van der Waals surface area contributed by atoms with Crippen LogP contribution in [0, 0.1) is 5.92 Å². The van der Waals surface area contributed by atoms with Gasteiger partial charge in [0.05, 0.1) is 12.6 Å². The Hall–Kier alpha value is -2.12.